The first-order chi connectivity index (χ1) is 36.1. The molecule has 3 aliphatic rings. The molecule has 0 bridgehead atoms. The second kappa shape index (κ2) is 17.5. The molecule has 3 heteroatoms. The van der Waals surface area contributed by atoms with Crippen molar-refractivity contribution in [3.05, 3.63) is 300 Å². The van der Waals surface area contributed by atoms with Gasteiger partial charge in [0.2, 0.25) is 0 Å². The third kappa shape index (κ3) is 6.99. The summed E-state index contributed by atoms with van der Waals surface area (Å²) >= 11 is 1.95. The molecular weight excluding hydrogens is 901 g/mol. The van der Waals surface area contributed by atoms with Crippen molar-refractivity contribution < 1.29 is 0 Å². The standard InChI is InChI=1S/C70H50N2S/c1-47-44-58(72(55-24-12-5-13-25-55)57-36-30-49(31-37-57)48-18-6-2-7-19-48)40-43-59(47)52-35-42-62-66(46-52)70(68-63-27-15-17-29-67(63)73-69(62)68)64-28-16-14-26-60(64)61-41-34-51(45-65(61)70)50-32-38-56(39-33-50)71(53-20-8-3-9-21-53)54-22-10-4-11-23-54/h2-43,45-47H,44H2,1H3. The van der Waals surface area contributed by atoms with Crippen LogP contribution in [0.4, 0.5) is 28.4 Å². The number of rotatable bonds is 9. The Kier molecular flexibility index (Phi) is 10.3. The highest BCUT2D eigenvalue weighted by Gasteiger charge is 2.53. The fourth-order valence-corrected chi connectivity index (χ4v) is 13.6. The number of anilines is 5. The van der Waals surface area contributed by atoms with E-state index in [0.717, 1.165) is 29.2 Å². The fourth-order valence-electron chi connectivity index (χ4n) is 12.3. The normalized spacial score (nSPS) is 16.0. The Morgan fingerprint density at radius 1 is 0.384 bits per heavy atom. The molecule has 1 aromatic heterocycles. The van der Waals surface area contributed by atoms with E-state index in [-0.39, 0.29) is 5.92 Å². The van der Waals surface area contributed by atoms with Gasteiger partial charge in [-0.15, -0.1) is 11.3 Å². The van der Waals surface area contributed by atoms with Crippen molar-refractivity contribution in [1.82, 2.24) is 0 Å². The van der Waals surface area contributed by atoms with Crippen molar-refractivity contribution >= 4 is 55.4 Å². The van der Waals surface area contributed by atoms with Crippen LogP contribution in [-0.4, -0.2) is 0 Å². The third-order valence-electron chi connectivity index (χ3n) is 15.5. The number of para-hydroxylation sites is 3. The Hall–Kier alpha value is -8.76. The number of fused-ring (bicyclic) bond motifs is 12. The molecule has 0 amide bonds. The lowest BCUT2D eigenvalue weighted by atomic mass is 9.69. The zero-order valence-corrected chi connectivity index (χ0v) is 41.3. The van der Waals surface area contributed by atoms with Crippen molar-refractivity contribution in [1.29, 1.82) is 0 Å². The van der Waals surface area contributed by atoms with Crippen molar-refractivity contribution in [3.8, 4) is 43.8 Å². The second-order valence-corrected chi connectivity index (χ2v) is 20.7. The molecule has 3 aliphatic carbocycles. The number of allylic oxidation sites excluding steroid dienone is 4. The Labute approximate surface area is 431 Å². The summed E-state index contributed by atoms with van der Waals surface area (Å²) in [5.41, 5.74) is 23.5. The summed E-state index contributed by atoms with van der Waals surface area (Å²) < 4.78 is 1.33. The molecule has 2 unspecified atom stereocenters. The maximum Gasteiger partial charge on any atom is 0.0740 e. The van der Waals surface area contributed by atoms with E-state index in [0.29, 0.717) is 0 Å². The maximum atomic E-state index is 2.57. The summed E-state index contributed by atoms with van der Waals surface area (Å²) in [6.45, 7) is 2.41. The van der Waals surface area contributed by atoms with Crippen molar-refractivity contribution in [2.45, 2.75) is 18.8 Å². The molecule has 0 aliphatic heterocycles. The van der Waals surface area contributed by atoms with Crippen LogP contribution < -0.4 is 9.80 Å². The molecule has 1 heterocycles. The molecule has 1 spiro atoms. The Bertz CT molecular complexity index is 3890. The molecule has 10 aromatic carbocycles. The second-order valence-electron chi connectivity index (χ2n) is 19.6. The van der Waals surface area contributed by atoms with Crippen LogP contribution in [0.1, 0.15) is 41.2 Å². The number of hydrogen-bond donors (Lipinski definition) is 0. The number of thiophene rings is 1. The molecule has 2 nitrogen and oxygen atoms in total. The van der Waals surface area contributed by atoms with E-state index in [4.69, 9.17) is 0 Å². The van der Waals surface area contributed by atoms with Gasteiger partial charge >= 0.3 is 0 Å². The van der Waals surface area contributed by atoms with Crippen LogP contribution in [0.25, 0.3) is 59.5 Å². The van der Waals surface area contributed by atoms with Gasteiger partial charge in [0.25, 0.3) is 0 Å². The van der Waals surface area contributed by atoms with Crippen LogP contribution in [0.5, 0.6) is 0 Å². The minimum absolute atomic E-state index is 0.276. The summed E-state index contributed by atoms with van der Waals surface area (Å²) in [5.74, 6) is 0.276. The monoisotopic (exact) mass is 950 g/mol. The molecule has 346 valence electrons. The van der Waals surface area contributed by atoms with Crippen LogP contribution in [0.3, 0.4) is 0 Å². The van der Waals surface area contributed by atoms with E-state index in [1.54, 1.807) is 0 Å². The summed E-state index contributed by atoms with van der Waals surface area (Å²) in [6, 6.07) is 93.9. The minimum Gasteiger partial charge on any atom is -0.314 e. The average Bonchev–Trinajstić information content (AvgIpc) is 4.09. The molecule has 11 aromatic rings. The molecule has 0 fully saturated rings. The lowest BCUT2D eigenvalue weighted by Crippen LogP contribution is -2.26. The van der Waals surface area contributed by atoms with Crippen molar-refractivity contribution in [2.24, 2.45) is 5.92 Å². The smallest absolute Gasteiger partial charge is 0.0740 e. The Morgan fingerprint density at radius 2 is 0.849 bits per heavy atom. The number of hydrogen-bond acceptors (Lipinski definition) is 3. The highest BCUT2D eigenvalue weighted by Crippen LogP contribution is 2.66. The molecule has 0 saturated carbocycles. The Balaban J connectivity index is 0.896. The topological polar surface area (TPSA) is 6.48 Å². The Morgan fingerprint density at radius 3 is 1.52 bits per heavy atom. The van der Waals surface area contributed by atoms with Crippen molar-refractivity contribution in [2.75, 3.05) is 9.80 Å². The molecule has 14 rings (SSSR count). The van der Waals surface area contributed by atoms with Gasteiger partial charge in [-0.2, -0.15) is 0 Å². The highest BCUT2D eigenvalue weighted by molar-refractivity contribution is 7.22. The van der Waals surface area contributed by atoms with Gasteiger partial charge < -0.3 is 9.80 Å². The van der Waals surface area contributed by atoms with Gasteiger partial charge in [0.1, 0.15) is 0 Å². The van der Waals surface area contributed by atoms with E-state index >= 15 is 0 Å². The van der Waals surface area contributed by atoms with Crippen LogP contribution in [0.15, 0.2) is 273 Å². The third-order valence-corrected chi connectivity index (χ3v) is 16.7. The first-order valence-corrected chi connectivity index (χ1v) is 26.3. The lowest BCUT2D eigenvalue weighted by Gasteiger charge is -2.33. The SMILES string of the molecule is CC1CC(N(c2ccccc2)c2ccc(-c3ccccc3)cc2)=CC=C1c1ccc2c(c1)C1(c3ccccc3-c3ccc(-c4ccc(N(c5ccccc5)c5ccccc5)cc4)cc31)c1c-2sc2ccccc12. The first-order valence-electron chi connectivity index (χ1n) is 25.5. The lowest BCUT2D eigenvalue weighted by molar-refractivity contribution is 0.715. The van der Waals surface area contributed by atoms with Crippen LogP contribution in [0, 0.1) is 5.92 Å². The van der Waals surface area contributed by atoms with Crippen LogP contribution in [-0.2, 0) is 5.41 Å². The predicted octanol–water partition coefficient (Wildman–Crippen LogP) is 19.2. The zero-order chi connectivity index (χ0) is 48.5. The zero-order valence-electron chi connectivity index (χ0n) is 40.5. The molecule has 0 saturated heterocycles. The highest BCUT2D eigenvalue weighted by atomic mass is 32.1. The first kappa shape index (κ1) is 43.1. The summed E-state index contributed by atoms with van der Waals surface area (Å²) in [7, 11) is 0. The molecule has 73 heavy (non-hydrogen) atoms. The van der Waals surface area contributed by atoms with E-state index in [2.05, 4.69) is 284 Å². The number of nitrogens with zero attached hydrogens (tertiary/aromatic N) is 2. The van der Waals surface area contributed by atoms with Gasteiger partial charge in [-0.25, -0.2) is 0 Å². The maximum absolute atomic E-state index is 2.57. The van der Waals surface area contributed by atoms with Gasteiger partial charge in [-0.05, 0) is 175 Å². The number of benzene rings is 10. The van der Waals surface area contributed by atoms with E-state index in [1.807, 2.05) is 11.3 Å². The largest absolute Gasteiger partial charge is 0.314 e. The van der Waals surface area contributed by atoms with Crippen LogP contribution >= 0.6 is 11.3 Å². The van der Waals surface area contributed by atoms with Gasteiger partial charge in [0.15, 0.2) is 0 Å². The van der Waals surface area contributed by atoms with Gasteiger partial charge in [-0.1, -0.05) is 189 Å². The predicted molar refractivity (Wildman–Crippen MR) is 309 cm³/mol. The fraction of sp³-hybridized carbons (Fsp3) is 0.0571. The minimum atomic E-state index is -0.505. The van der Waals surface area contributed by atoms with E-state index in [1.165, 1.54) is 98.7 Å². The van der Waals surface area contributed by atoms with Crippen LogP contribution in [0.2, 0.25) is 0 Å². The quantitative estimate of drug-likeness (QED) is 0.142. The average molecular weight is 951 g/mol. The summed E-state index contributed by atoms with van der Waals surface area (Å²) in [6.07, 6.45) is 5.68. The van der Waals surface area contributed by atoms with E-state index < -0.39 is 5.41 Å². The van der Waals surface area contributed by atoms with Gasteiger partial charge in [-0.3, -0.25) is 0 Å². The molecule has 0 radical (unpaired) electrons. The molecule has 0 N–H and O–H groups in total. The van der Waals surface area contributed by atoms with Gasteiger partial charge in [0.05, 0.1) is 5.41 Å². The van der Waals surface area contributed by atoms with Gasteiger partial charge in [0, 0.05) is 43.7 Å². The molecular formula is C70H50N2S. The summed E-state index contributed by atoms with van der Waals surface area (Å²) in [5, 5.41) is 1.34. The van der Waals surface area contributed by atoms with Crippen molar-refractivity contribution in [3.63, 3.8) is 0 Å². The summed E-state index contributed by atoms with van der Waals surface area (Å²) in [4.78, 5) is 6.16. The molecule has 2 atom stereocenters. The van der Waals surface area contributed by atoms with E-state index in [9.17, 15) is 0 Å².